The van der Waals surface area contributed by atoms with E-state index in [-0.39, 0.29) is 24.4 Å². The minimum absolute atomic E-state index is 0.0994. The first-order chi connectivity index (χ1) is 12.6. The molecule has 1 aromatic heterocycles. The summed E-state index contributed by atoms with van der Waals surface area (Å²) in [6.07, 6.45) is 0.589. The Kier molecular flexibility index (Phi) is 5.18. The fraction of sp³-hybridized carbons (Fsp3) is 0.200. The van der Waals surface area contributed by atoms with Crippen LogP contribution in [0.15, 0.2) is 48.5 Å². The third-order valence-corrected chi connectivity index (χ3v) is 4.13. The number of nitriles is 1. The highest BCUT2D eigenvalue weighted by molar-refractivity contribution is 5.96. The number of Topliss-reactive ketones (excluding diaryl/α,β-unsaturated/α-hetero) is 2. The van der Waals surface area contributed by atoms with Crippen LogP contribution < -0.4 is 0 Å². The van der Waals surface area contributed by atoms with Gasteiger partial charge in [-0.3, -0.25) is 9.59 Å². The molecule has 0 radical (unpaired) electrons. The highest BCUT2D eigenvalue weighted by atomic mass is 19.1. The van der Waals surface area contributed by atoms with Gasteiger partial charge in [0.1, 0.15) is 11.6 Å². The molecule has 130 valence electrons. The highest BCUT2D eigenvalue weighted by Gasteiger charge is 2.23. The molecule has 0 aliphatic carbocycles. The van der Waals surface area contributed by atoms with E-state index in [4.69, 9.17) is 0 Å². The molecule has 1 N–H and O–H groups in total. The van der Waals surface area contributed by atoms with Crippen molar-refractivity contribution in [2.75, 3.05) is 0 Å². The number of H-pyrrole nitrogens is 1. The molecule has 3 aromatic rings. The first-order valence-electron chi connectivity index (χ1n) is 8.24. The van der Waals surface area contributed by atoms with Gasteiger partial charge in [0.25, 0.3) is 0 Å². The van der Waals surface area contributed by atoms with Gasteiger partial charge >= 0.3 is 0 Å². The lowest BCUT2D eigenvalue weighted by molar-refractivity contribution is -0.119. The molecule has 6 heteroatoms. The third-order valence-electron chi connectivity index (χ3n) is 4.13. The van der Waals surface area contributed by atoms with Crippen LogP contribution in [0.1, 0.15) is 41.4 Å². The van der Waals surface area contributed by atoms with E-state index < -0.39 is 11.7 Å². The molecule has 26 heavy (non-hydrogen) atoms. The topological polar surface area (TPSA) is 86.6 Å². The molecule has 0 amide bonds. The molecule has 0 aliphatic rings. The number of para-hydroxylation sites is 2. The zero-order valence-corrected chi connectivity index (χ0v) is 13.9. The Morgan fingerprint density at radius 2 is 1.85 bits per heavy atom. The minimum atomic E-state index is -0.983. The highest BCUT2D eigenvalue weighted by Crippen LogP contribution is 2.20. The van der Waals surface area contributed by atoms with Crippen LogP contribution in [0.4, 0.5) is 4.39 Å². The van der Waals surface area contributed by atoms with E-state index in [2.05, 4.69) is 9.97 Å². The number of hydrogen-bond donors (Lipinski definition) is 1. The standard InChI is InChI=1S/C20H16FN3O2/c21-14-10-8-13(9-11-14)18(25)6-3-7-19(26)15(12-22)20-23-16-4-1-2-5-17(16)24-20/h1-2,4-5,8-11,15H,3,6-7H2,(H,23,24). The molecule has 1 heterocycles. The number of halogens is 1. The quantitative estimate of drug-likeness (QED) is 0.655. The lowest BCUT2D eigenvalue weighted by Crippen LogP contribution is -2.13. The molecule has 0 aliphatic heterocycles. The summed E-state index contributed by atoms with van der Waals surface area (Å²) < 4.78 is 12.9. The van der Waals surface area contributed by atoms with Gasteiger partial charge in [-0.15, -0.1) is 0 Å². The van der Waals surface area contributed by atoms with Gasteiger partial charge in [-0.1, -0.05) is 12.1 Å². The van der Waals surface area contributed by atoms with Crippen molar-refractivity contribution >= 4 is 22.6 Å². The van der Waals surface area contributed by atoms with Crippen LogP contribution in [0.5, 0.6) is 0 Å². The fourth-order valence-corrected chi connectivity index (χ4v) is 2.74. The Morgan fingerprint density at radius 1 is 1.12 bits per heavy atom. The molecule has 0 saturated carbocycles. The average molecular weight is 349 g/mol. The van der Waals surface area contributed by atoms with E-state index in [0.29, 0.717) is 23.3 Å². The van der Waals surface area contributed by atoms with Crippen LogP contribution in [-0.2, 0) is 4.79 Å². The van der Waals surface area contributed by atoms with Crippen LogP contribution >= 0.6 is 0 Å². The van der Waals surface area contributed by atoms with E-state index in [1.54, 1.807) is 6.07 Å². The number of nitrogens with one attached hydrogen (secondary N) is 1. The molecule has 5 nitrogen and oxygen atoms in total. The van der Waals surface area contributed by atoms with Gasteiger partial charge in [0.2, 0.25) is 0 Å². The molecule has 0 fully saturated rings. The smallest absolute Gasteiger partial charge is 0.162 e. The monoisotopic (exact) mass is 349 g/mol. The second kappa shape index (κ2) is 7.70. The zero-order valence-electron chi connectivity index (χ0n) is 13.9. The largest absolute Gasteiger partial charge is 0.340 e. The van der Waals surface area contributed by atoms with Crippen molar-refractivity contribution in [3.05, 3.63) is 65.7 Å². The summed E-state index contributed by atoms with van der Waals surface area (Å²) in [7, 11) is 0. The number of aromatic nitrogens is 2. The maximum atomic E-state index is 12.9. The molecule has 0 spiro atoms. The number of fused-ring (bicyclic) bond motifs is 1. The maximum absolute atomic E-state index is 12.9. The number of ketones is 2. The molecule has 3 rings (SSSR count). The molecular formula is C20H16FN3O2. The second-order valence-corrected chi connectivity index (χ2v) is 5.95. The summed E-state index contributed by atoms with van der Waals surface area (Å²) in [5, 5.41) is 9.35. The minimum Gasteiger partial charge on any atom is -0.340 e. The number of aromatic amines is 1. The number of benzene rings is 2. The van der Waals surface area contributed by atoms with Crippen molar-refractivity contribution in [1.29, 1.82) is 5.26 Å². The van der Waals surface area contributed by atoms with Crippen LogP contribution in [0.25, 0.3) is 11.0 Å². The molecular weight excluding hydrogens is 333 g/mol. The molecule has 1 unspecified atom stereocenters. The first kappa shape index (κ1) is 17.5. The van der Waals surface area contributed by atoms with Gasteiger partial charge in [-0.25, -0.2) is 9.37 Å². The van der Waals surface area contributed by atoms with Gasteiger partial charge in [0, 0.05) is 18.4 Å². The second-order valence-electron chi connectivity index (χ2n) is 5.95. The van der Waals surface area contributed by atoms with E-state index in [0.717, 1.165) is 5.52 Å². The number of hydrogen-bond acceptors (Lipinski definition) is 4. The fourth-order valence-electron chi connectivity index (χ4n) is 2.74. The Labute approximate surface area is 149 Å². The molecule has 0 bridgehead atoms. The van der Waals surface area contributed by atoms with Gasteiger partial charge < -0.3 is 4.98 Å². The number of carbonyl (C=O) groups is 2. The van der Waals surface area contributed by atoms with Crippen molar-refractivity contribution in [1.82, 2.24) is 9.97 Å². The lowest BCUT2D eigenvalue weighted by Gasteiger charge is -2.05. The van der Waals surface area contributed by atoms with E-state index in [1.807, 2.05) is 24.3 Å². The van der Waals surface area contributed by atoms with Crippen molar-refractivity contribution < 1.29 is 14.0 Å². The number of imidazole rings is 1. The van der Waals surface area contributed by atoms with Crippen molar-refractivity contribution in [2.45, 2.75) is 25.2 Å². The van der Waals surface area contributed by atoms with Crippen molar-refractivity contribution in [3.63, 3.8) is 0 Å². The summed E-state index contributed by atoms with van der Waals surface area (Å²) >= 11 is 0. The predicted octanol–water partition coefficient (Wildman–Crippen LogP) is 3.93. The number of rotatable bonds is 7. The average Bonchev–Trinajstić information content (AvgIpc) is 3.06. The van der Waals surface area contributed by atoms with Gasteiger partial charge in [-0.05, 0) is 42.8 Å². The Balaban J connectivity index is 1.60. The number of nitrogens with zero attached hydrogens (tertiary/aromatic N) is 2. The first-order valence-corrected chi connectivity index (χ1v) is 8.24. The van der Waals surface area contributed by atoms with Crippen LogP contribution in [-0.4, -0.2) is 21.5 Å². The maximum Gasteiger partial charge on any atom is 0.162 e. The normalized spacial score (nSPS) is 11.8. The molecule has 2 aromatic carbocycles. The zero-order chi connectivity index (χ0) is 18.5. The van der Waals surface area contributed by atoms with E-state index >= 15 is 0 Å². The Bertz CT molecular complexity index is 953. The van der Waals surface area contributed by atoms with Crippen molar-refractivity contribution in [2.24, 2.45) is 0 Å². The summed E-state index contributed by atoms with van der Waals surface area (Å²) in [6, 6.07) is 14.6. The SMILES string of the molecule is N#CC(C(=O)CCCC(=O)c1ccc(F)cc1)c1nc2ccccc2[nH]1. The van der Waals surface area contributed by atoms with Gasteiger partial charge in [-0.2, -0.15) is 5.26 Å². The van der Waals surface area contributed by atoms with Gasteiger partial charge in [0.15, 0.2) is 17.5 Å². The van der Waals surface area contributed by atoms with Gasteiger partial charge in [0.05, 0.1) is 17.1 Å². The Hall–Kier alpha value is -3.33. The molecule has 1 atom stereocenters. The summed E-state index contributed by atoms with van der Waals surface area (Å²) in [5.41, 5.74) is 1.87. The van der Waals surface area contributed by atoms with Crippen molar-refractivity contribution in [3.8, 4) is 6.07 Å². The molecule has 0 saturated heterocycles. The van der Waals surface area contributed by atoms with Crippen LogP contribution in [0, 0.1) is 17.1 Å². The summed E-state index contributed by atoms with van der Waals surface area (Å²) in [4.78, 5) is 31.7. The third kappa shape index (κ3) is 3.83. The van der Waals surface area contributed by atoms with E-state index in [1.165, 1.54) is 24.3 Å². The van der Waals surface area contributed by atoms with E-state index in [9.17, 15) is 19.2 Å². The summed E-state index contributed by atoms with van der Waals surface area (Å²) in [6.45, 7) is 0. The Morgan fingerprint density at radius 3 is 2.54 bits per heavy atom. The van der Waals surface area contributed by atoms with Crippen LogP contribution in [0.3, 0.4) is 0 Å². The predicted molar refractivity (Wildman–Crippen MR) is 94.0 cm³/mol. The summed E-state index contributed by atoms with van der Waals surface area (Å²) in [5.74, 6) is -1.50. The van der Waals surface area contributed by atoms with Crippen LogP contribution in [0.2, 0.25) is 0 Å². The number of carbonyl (C=O) groups excluding carboxylic acids is 2. The lowest BCUT2D eigenvalue weighted by atomic mass is 9.98.